The number of hydrogen-bond donors (Lipinski definition) is 1. The Morgan fingerprint density at radius 2 is 2.00 bits per heavy atom. The average molecular weight is 297 g/mol. The lowest BCUT2D eigenvalue weighted by Gasteiger charge is -2.09. The minimum absolute atomic E-state index is 0.601. The van der Waals surface area contributed by atoms with Crippen LogP contribution in [0.5, 0.6) is 0 Å². The monoisotopic (exact) mass is 297 g/mol. The van der Waals surface area contributed by atoms with E-state index in [9.17, 15) is 5.26 Å². The summed E-state index contributed by atoms with van der Waals surface area (Å²) in [5, 5.41) is 9.19. The Bertz CT molecular complexity index is 884. The van der Waals surface area contributed by atoms with E-state index >= 15 is 0 Å². The van der Waals surface area contributed by atoms with Gasteiger partial charge in [-0.1, -0.05) is 18.2 Å². The van der Waals surface area contributed by atoms with Crippen LogP contribution in [0.4, 0.5) is 0 Å². The van der Waals surface area contributed by atoms with Crippen molar-refractivity contribution in [3.8, 4) is 11.8 Å². The number of nitriles is 1. The largest absolute Gasteiger partial charge is 0.329 e. The van der Waals surface area contributed by atoms with Crippen LogP contribution < -0.4 is 0 Å². The number of nitrogens with zero attached hydrogens (tertiary/aromatic N) is 2. The molecule has 0 atom stereocenters. The van der Waals surface area contributed by atoms with Gasteiger partial charge in [-0.15, -0.1) is 11.8 Å². The number of H-pyrrole nitrogens is 1. The highest BCUT2D eigenvalue weighted by molar-refractivity contribution is 7.98. The number of aromatic amines is 1. The molecule has 1 N–H and O–H groups in total. The number of para-hydroxylation sites is 2. The molecule has 3 nitrogen and oxygen atoms in total. The summed E-state index contributed by atoms with van der Waals surface area (Å²) in [5.41, 5.74) is 3.35. The van der Waals surface area contributed by atoms with Crippen molar-refractivity contribution in [2.75, 3.05) is 6.26 Å². The van der Waals surface area contributed by atoms with E-state index in [4.69, 9.17) is 12.2 Å². The highest BCUT2D eigenvalue weighted by Gasteiger charge is 2.11. The first-order valence-electron chi connectivity index (χ1n) is 6.03. The van der Waals surface area contributed by atoms with Gasteiger partial charge in [0.1, 0.15) is 6.07 Å². The number of thioether (sulfide) groups is 1. The van der Waals surface area contributed by atoms with Crippen molar-refractivity contribution in [2.24, 2.45) is 0 Å². The van der Waals surface area contributed by atoms with Gasteiger partial charge in [0.2, 0.25) is 0 Å². The van der Waals surface area contributed by atoms with E-state index < -0.39 is 0 Å². The average Bonchev–Trinajstić information content (AvgIpc) is 2.82. The van der Waals surface area contributed by atoms with Gasteiger partial charge in [-0.25, -0.2) is 0 Å². The number of hydrogen-bond acceptors (Lipinski definition) is 3. The summed E-state index contributed by atoms with van der Waals surface area (Å²) in [6, 6.07) is 15.9. The maximum atomic E-state index is 9.19. The zero-order valence-corrected chi connectivity index (χ0v) is 12.4. The Balaban J connectivity index is 2.41. The fraction of sp³-hybridized carbons (Fsp3) is 0.0667. The van der Waals surface area contributed by atoms with Gasteiger partial charge in [0.05, 0.1) is 22.3 Å². The molecule has 0 spiro atoms. The Hall–Kier alpha value is -2.03. The van der Waals surface area contributed by atoms with Crippen molar-refractivity contribution in [2.45, 2.75) is 4.90 Å². The van der Waals surface area contributed by atoms with Crippen molar-refractivity contribution in [1.29, 1.82) is 5.26 Å². The molecular formula is C15H11N3S2. The van der Waals surface area contributed by atoms with Gasteiger partial charge in [0.15, 0.2) is 4.77 Å². The minimum atomic E-state index is 0.601. The van der Waals surface area contributed by atoms with Crippen LogP contribution in [0, 0.1) is 16.1 Å². The predicted octanol–water partition coefficient (Wildman–Crippen LogP) is 4.28. The predicted molar refractivity (Wildman–Crippen MR) is 85.0 cm³/mol. The van der Waals surface area contributed by atoms with E-state index in [1.54, 1.807) is 17.8 Å². The number of rotatable bonds is 2. The highest BCUT2D eigenvalue weighted by Crippen LogP contribution is 2.28. The summed E-state index contributed by atoms with van der Waals surface area (Å²) >= 11 is 7.11. The maximum Gasteiger partial charge on any atom is 0.182 e. The molecule has 5 heteroatoms. The summed E-state index contributed by atoms with van der Waals surface area (Å²) in [6.45, 7) is 0. The first-order chi connectivity index (χ1) is 9.76. The van der Waals surface area contributed by atoms with Gasteiger partial charge >= 0.3 is 0 Å². The van der Waals surface area contributed by atoms with Gasteiger partial charge in [-0.2, -0.15) is 5.26 Å². The summed E-state index contributed by atoms with van der Waals surface area (Å²) in [4.78, 5) is 4.29. The number of nitrogens with one attached hydrogen (secondary N) is 1. The van der Waals surface area contributed by atoms with E-state index in [1.165, 1.54) is 0 Å². The maximum absolute atomic E-state index is 9.19. The van der Waals surface area contributed by atoms with Gasteiger partial charge < -0.3 is 4.98 Å². The molecule has 0 aliphatic rings. The molecule has 0 saturated heterocycles. The fourth-order valence-electron chi connectivity index (χ4n) is 2.28. The second-order valence-corrected chi connectivity index (χ2v) is 5.48. The van der Waals surface area contributed by atoms with Crippen LogP contribution in [0.15, 0.2) is 47.4 Å². The van der Waals surface area contributed by atoms with E-state index in [-0.39, 0.29) is 0 Å². The fourth-order valence-corrected chi connectivity index (χ4v) is 3.16. The molecule has 0 radical (unpaired) electrons. The smallest absolute Gasteiger partial charge is 0.182 e. The topological polar surface area (TPSA) is 44.5 Å². The van der Waals surface area contributed by atoms with Crippen molar-refractivity contribution >= 4 is 35.0 Å². The van der Waals surface area contributed by atoms with Gasteiger partial charge in [0, 0.05) is 4.90 Å². The lowest BCUT2D eigenvalue weighted by molar-refractivity contribution is 1.03. The third kappa shape index (κ3) is 1.94. The normalized spacial score (nSPS) is 10.6. The van der Waals surface area contributed by atoms with Crippen LogP contribution >= 0.6 is 24.0 Å². The third-order valence-electron chi connectivity index (χ3n) is 3.16. The molecule has 98 valence electrons. The van der Waals surface area contributed by atoms with Crippen molar-refractivity contribution in [1.82, 2.24) is 9.55 Å². The molecule has 0 amide bonds. The molecular weight excluding hydrogens is 286 g/mol. The Morgan fingerprint density at radius 1 is 1.20 bits per heavy atom. The van der Waals surface area contributed by atoms with Crippen LogP contribution in [0.1, 0.15) is 5.56 Å². The molecule has 0 saturated carbocycles. The van der Waals surface area contributed by atoms with Crippen LogP contribution in [0.25, 0.3) is 16.7 Å². The van der Waals surface area contributed by atoms with Crippen LogP contribution in [-0.2, 0) is 0 Å². The number of aromatic nitrogens is 2. The molecule has 20 heavy (non-hydrogen) atoms. The lowest BCUT2D eigenvalue weighted by Crippen LogP contribution is -1.96. The quantitative estimate of drug-likeness (QED) is 0.567. The van der Waals surface area contributed by atoms with Crippen molar-refractivity contribution in [3.05, 3.63) is 52.8 Å². The first-order valence-corrected chi connectivity index (χ1v) is 7.67. The van der Waals surface area contributed by atoms with Crippen LogP contribution in [-0.4, -0.2) is 15.8 Å². The molecule has 0 unspecified atom stereocenters. The summed E-state index contributed by atoms with van der Waals surface area (Å²) in [5.74, 6) is 0. The van der Waals surface area contributed by atoms with E-state index in [1.807, 2.05) is 41.2 Å². The van der Waals surface area contributed by atoms with E-state index in [2.05, 4.69) is 17.1 Å². The number of imidazole rings is 1. The zero-order valence-electron chi connectivity index (χ0n) is 10.8. The Labute approximate surface area is 125 Å². The Kier molecular flexibility index (Phi) is 3.35. The van der Waals surface area contributed by atoms with E-state index in [0.717, 1.165) is 21.6 Å². The van der Waals surface area contributed by atoms with Gasteiger partial charge in [0.25, 0.3) is 0 Å². The molecule has 3 rings (SSSR count). The second-order valence-electron chi connectivity index (χ2n) is 4.25. The van der Waals surface area contributed by atoms with Crippen LogP contribution in [0.3, 0.4) is 0 Å². The minimum Gasteiger partial charge on any atom is -0.329 e. The molecule has 0 aliphatic heterocycles. The molecule has 3 aromatic rings. The third-order valence-corrected chi connectivity index (χ3v) is 4.23. The summed E-state index contributed by atoms with van der Waals surface area (Å²) in [7, 11) is 0. The lowest BCUT2D eigenvalue weighted by atomic mass is 10.2. The number of benzene rings is 2. The van der Waals surface area contributed by atoms with Gasteiger partial charge in [-0.05, 0) is 42.7 Å². The first kappa shape index (κ1) is 13.0. The van der Waals surface area contributed by atoms with Crippen LogP contribution in [0.2, 0.25) is 0 Å². The SMILES string of the molecule is CSc1ccccc1-n1c(=S)[nH]c2c(C#N)cccc21. The molecule has 2 aromatic carbocycles. The van der Waals surface area contributed by atoms with Crippen molar-refractivity contribution < 1.29 is 0 Å². The molecule has 0 fully saturated rings. The van der Waals surface area contributed by atoms with Gasteiger partial charge in [-0.3, -0.25) is 4.57 Å². The standard InChI is InChI=1S/C15H11N3S2/c1-20-13-8-3-2-6-11(13)18-12-7-4-5-10(9-16)14(12)17-15(18)19/h2-8H,1H3,(H,17,19). The summed E-state index contributed by atoms with van der Waals surface area (Å²) < 4.78 is 2.58. The Morgan fingerprint density at radius 3 is 2.75 bits per heavy atom. The molecule has 0 aliphatic carbocycles. The molecule has 1 aromatic heterocycles. The zero-order chi connectivity index (χ0) is 14.1. The van der Waals surface area contributed by atoms with Crippen molar-refractivity contribution in [3.63, 3.8) is 0 Å². The molecule has 0 bridgehead atoms. The molecule has 1 heterocycles. The second kappa shape index (κ2) is 5.16. The number of fused-ring (bicyclic) bond motifs is 1. The van der Waals surface area contributed by atoms with E-state index in [0.29, 0.717) is 10.3 Å². The highest BCUT2D eigenvalue weighted by atomic mass is 32.2. The summed E-state index contributed by atoms with van der Waals surface area (Å²) in [6.07, 6.45) is 2.04.